The van der Waals surface area contributed by atoms with Crippen molar-refractivity contribution in [1.29, 1.82) is 0 Å². The minimum atomic E-state index is -4.81. The van der Waals surface area contributed by atoms with E-state index in [1.165, 1.54) is 6.92 Å². The summed E-state index contributed by atoms with van der Waals surface area (Å²) in [5, 5.41) is 18.4. The van der Waals surface area contributed by atoms with E-state index < -0.39 is 50.2 Å². The van der Waals surface area contributed by atoms with Crippen molar-refractivity contribution in [3.63, 3.8) is 0 Å². The SMILES string of the molecule is CC(Sc1cc(Oc2c(F)cc(C(F)(F)F)cc2Cl)ccc1[N+](=O)[O-])C(=O)O. The Morgan fingerprint density at radius 3 is 2.46 bits per heavy atom. The van der Waals surface area contributed by atoms with E-state index in [1.54, 1.807) is 0 Å². The lowest BCUT2D eigenvalue weighted by Crippen LogP contribution is -2.11. The van der Waals surface area contributed by atoms with Gasteiger partial charge in [-0.05, 0) is 25.1 Å². The molecule has 2 aromatic carbocycles. The third kappa shape index (κ3) is 5.04. The van der Waals surface area contributed by atoms with Gasteiger partial charge in [-0.3, -0.25) is 14.9 Å². The fourth-order valence-corrected chi connectivity index (χ4v) is 3.16. The summed E-state index contributed by atoms with van der Waals surface area (Å²) < 4.78 is 57.3. The van der Waals surface area contributed by atoms with Crippen LogP contribution < -0.4 is 4.74 Å². The Kier molecular flexibility index (Phi) is 6.40. The smallest absolute Gasteiger partial charge is 0.416 e. The van der Waals surface area contributed by atoms with Crippen LogP contribution in [0.1, 0.15) is 12.5 Å². The molecule has 12 heteroatoms. The molecule has 0 saturated heterocycles. The van der Waals surface area contributed by atoms with Crippen LogP contribution >= 0.6 is 23.4 Å². The van der Waals surface area contributed by atoms with Crippen LogP contribution in [-0.4, -0.2) is 21.2 Å². The highest BCUT2D eigenvalue weighted by Gasteiger charge is 2.33. The normalized spacial score (nSPS) is 12.5. The number of hydrogen-bond acceptors (Lipinski definition) is 5. The van der Waals surface area contributed by atoms with E-state index in [0.717, 1.165) is 18.2 Å². The zero-order chi connectivity index (χ0) is 21.2. The number of nitro benzene ring substituents is 1. The molecule has 0 aliphatic carbocycles. The lowest BCUT2D eigenvalue weighted by Gasteiger charge is -2.13. The van der Waals surface area contributed by atoms with Gasteiger partial charge in [0.05, 0.1) is 20.4 Å². The summed E-state index contributed by atoms with van der Waals surface area (Å²) >= 11 is 6.33. The van der Waals surface area contributed by atoms with Crippen LogP contribution in [0.3, 0.4) is 0 Å². The van der Waals surface area contributed by atoms with Crippen LogP contribution in [0.15, 0.2) is 35.2 Å². The number of hydrogen-bond donors (Lipinski definition) is 1. The quantitative estimate of drug-likeness (QED) is 0.266. The molecule has 1 unspecified atom stereocenters. The predicted octanol–water partition coefficient (Wildman–Crippen LogP) is 5.76. The van der Waals surface area contributed by atoms with Gasteiger partial charge in [-0.25, -0.2) is 4.39 Å². The van der Waals surface area contributed by atoms with Crippen LogP contribution in [0.4, 0.5) is 23.2 Å². The van der Waals surface area contributed by atoms with Gasteiger partial charge >= 0.3 is 12.1 Å². The molecular weight excluding hydrogens is 430 g/mol. The lowest BCUT2D eigenvalue weighted by molar-refractivity contribution is -0.387. The summed E-state index contributed by atoms with van der Waals surface area (Å²) in [6.45, 7) is 1.30. The number of benzene rings is 2. The largest absolute Gasteiger partial charge is 0.480 e. The number of carbonyl (C=O) groups is 1. The van der Waals surface area contributed by atoms with Gasteiger partial charge in [-0.1, -0.05) is 11.6 Å². The third-order valence-electron chi connectivity index (χ3n) is 3.33. The summed E-state index contributed by atoms with van der Waals surface area (Å²) in [5.41, 5.74) is -1.72. The van der Waals surface area contributed by atoms with Crippen molar-refractivity contribution in [2.75, 3.05) is 0 Å². The molecule has 0 aromatic heterocycles. The maximum atomic E-state index is 14.1. The minimum absolute atomic E-state index is 0.0826. The number of nitrogens with zero attached hydrogens (tertiary/aromatic N) is 1. The number of alkyl halides is 3. The number of carboxylic acid groups (broad SMARTS) is 1. The van der Waals surface area contributed by atoms with Gasteiger partial charge in [0.25, 0.3) is 5.69 Å². The summed E-state index contributed by atoms with van der Waals surface area (Å²) in [7, 11) is 0. The second-order valence-electron chi connectivity index (χ2n) is 5.35. The molecule has 0 aliphatic heterocycles. The summed E-state index contributed by atoms with van der Waals surface area (Å²) in [5.74, 6) is -3.48. The van der Waals surface area contributed by atoms with Crippen molar-refractivity contribution in [2.24, 2.45) is 0 Å². The Bertz CT molecular complexity index is 915. The van der Waals surface area contributed by atoms with Crippen LogP contribution in [0, 0.1) is 15.9 Å². The molecule has 0 radical (unpaired) electrons. The standard InChI is InChI=1S/C16H10ClF4NO5S/c1-7(15(23)24)28-13-6-9(2-3-12(13)22(25)26)27-14-10(17)4-8(5-11(14)18)16(19,20)21/h2-7H,1H3,(H,23,24). The molecule has 0 spiro atoms. The van der Waals surface area contributed by atoms with Crippen LogP contribution in [0.25, 0.3) is 0 Å². The molecule has 0 heterocycles. The van der Waals surface area contributed by atoms with E-state index >= 15 is 0 Å². The van der Waals surface area contributed by atoms with E-state index in [1.807, 2.05) is 0 Å². The summed E-state index contributed by atoms with van der Waals surface area (Å²) in [6, 6.07) is 3.85. The topological polar surface area (TPSA) is 89.7 Å². The number of halogens is 5. The number of aliphatic carboxylic acids is 1. The molecule has 0 bridgehead atoms. The fraction of sp³-hybridized carbons (Fsp3) is 0.188. The molecule has 0 aliphatic rings. The van der Waals surface area contributed by atoms with Gasteiger partial charge in [0.1, 0.15) is 11.0 Å². The van der Waals surface area contributed by atoms with Gasteiger partial charge in [0, 0.05) is 12.1 Å². The highest BCUT2D eigenvalue weighted by atomic mass is 35.5. The van der Waals surface area contributed by atoms with Gasteiger partial charge in [0.2, 0.25) is 0 Å². The second-order valence-corrected chi connectivity index (χ2v) is 7.14. The average Bonchev–Trinajstić information content (AvgIpc) is 2.56. The highest BCUT2D eigenvalue weighted by molar-refractivity contribution is 8.00. The van der Waals surface area contributed by atoms with E-state index in [9.17, 15) is 32.5 Å². The van der Waals surface area contributed by atoms with Gasteiger partial charge in [0.15, 0.2) is 11.6 Å². The van der Waals surface area contributed by atoms with E-state index in [-0.39, 0.29) is 16.7 Å². The molecular formula is C16H10ClF4NO5S. The molecule has 0 saturated carbocycles. The molecule has 6 nitrogen and oxygen atoms in total. The van der Waals surface area contributed by atoms with E-state index in [4.69, 9.17) is 21.4 Å². The Morgan fingerprint density at radius 1 is 1.32 bits per heavy atom. The Labute approximate surface area is 164 Å². The average molecular weight is 440 g/mol. The number of rotatable bonds is 6. The number of nitro groups is 1. The van der Waals surface area contributed by atoms with Crippen molar-refractivity contribution in [1.82, 2.24) is 0 Å². The van der Waals surface area contributed by atoms with Crippen LogP contribution in [-0.2, 0) is 11.0 Å². The van der Waals surface area contributed by atoms with Gasteiger partial charge < -0.3 is 9.84 Å². The maximum absolute atomic E-state index is 14.1. The fourth-order valence-electron chi connectivity index (χ4n) is 1.98. The Balaban J connectivity index is 2.42. The first-order chi connectivity index (χ1) is 12.9. The molecule has 2 aromatic rings. The second kappa shape index (κ2) is 8.23. The first-order valence-electron chi connectivity index (χ1n) is 7.32. The van der Waals surface area contributed by atoms with E-state index in [2.05, 4.69) is 0 Å². The zero-order valence-corrected chi connectivity index (χ0v) is 15.4. The van der Waals surface area contributed by atoms with Crippen LogP contribution in [0.5, 0.6) is 11.5 Å². The monoisotopic (exact) mass is 439 g/mol. The first kappa shape index (κ1) is 21.8. The molecule has 2 rings (SSSR count). The van der Waals surface area contributed by atoms with Crippen molar-refractivity contribution in [3.8, 4) is 11.5 Å². The molecule has 150 valence electrons. The molecule has 0 amide bonds. The summed E-state index contributed by atoms with van der Waals surface area (Å²) in [6.07, 6.45) is -4.81. The maximum Gasteiger partial charge on any atom is 0.416 e. The first-order valence-corrected chi connectivity index (χ1v) is 8.58. The Hall–Kier alpha value is -2.53. The van der Waals surface area contributed by atoms with E-state index in [0.29, 0.717) is 17.8 Å². The molecule has 1 atom stereocenters. The summed E-state index contributed by atoms with van der Waals surface area (Å²) in [4.78, 5) is 21.3. The van der Waals surface area contributed by atoms with Crippen molar-refractivity contribution >= 4 is 35.0 Å². The Morgan fingerprint density at radius 2 is 1.96 bits per heavy atom. The minimum Gasteiger partial charge on any atom is -0.480 e. The van der Waals surface area contributed by atoms with Crippen molar-refractivity contribution < 1.29 is 37.1 Å². The molecule has 28 heavy (non-hydrogen) atoms. The van der Waals surface area contributed by atoms with Crippen molar-refractivity contribution in [3.05, 3.63) is 56.8 Å². The lowest BCUT2D eigenvalue weighted by atomic mass is 10.2. The van der Waals surface area contributed by atoms with Gasteiger partial charge in [-0.2, -0.15) is 13.2 Å². The molecule has 0 fully saturated rings. The van der Waals surface area contributed by atoms with Crippen LogP contribution in [0.2, 0.25) is 5.02 Å². The predicted molar refractivity (Wildman–Crippen MR) is 92.5 cm³/mol. The van der Waals surface area contributed by atoms with Gasteiger partial charge in [-0.15, -0.1) is 11.8 Å². The number of ether oxygens (including phenoxy) is 1. The number of carboxylic acids is 1. The molecule has 1 N–H and O–H groups in total. The zero-order valence-electron chi connectivity index (χ0n) is 13.8. The third-order valence-corrected chi connectivity index (χ3v) is 4.74. The van der Waals surface area contributed by atoms with Crippen molar-refractivity contribution in [2.45, 2.75) is 23.2 Å². The number of thioether (sulfide) groups is 1. The highest BCUT2D eigenvalue weighted by Crippen LogP contribution is 2.41.